The highest BCUT2D eigenvalue weighted by molar-refractivity contribution is 5.81. The third-order valence-electron chi connectivity index (χ3n) is 5.92. The second-order valence-electron chi connectivity index (χ2n) is 7.99. The quantitative estimate of drug-likeness (QED) is 0.399. The van der Waals surface area contributed by atoms with Gasteiger partial charge in [0.05, 0.1) is 0 Å². The third-order valence-corrected chi connectivity index (χ3v) is 5.92. The first-order valence-electron chi connectivity index (χ1n) is 10.8. The lowest BCUT2D eigenvalue weighted by Gasteiger charge is -2.21. The molecule has 1 unspecified atom stereocenters. The molecule has 3 fully saturated rings. The number of amides is 2. The van der Waals surface area contributed by atoms with E-state index in [1.807, 2.05) is 9.80 Å². The van der Waals surface area contributed by atoms with Crippen LogP contribution in [0.5, 0.6) is 0 Å². The van der Waals surface area contributed by atoms with Gasteiger partial charge in [-0.25, -0.2) is 0 Å². The second kappa shape index (κ2) is 9.95. The Kier molecular flexibility index (Phi) is 7.35. The molecule has 1 aliphatic carbocycles. The van der Waals surface area contributed by atoms with Gasteiger partial charge in [0.15, 0.2) is 5.96 Å². The largest absolute Gasteiger partial charge is 0.357 e. The van der Waals surface area contributed by atoms with Crippen LogP contribution >= 0.6 is 0 Å². The van der Waals surface area contributed by atoms with E-state index in [-0.39, 0.29) is 17.9 Å². The summed E-state index contributed by atoms with van der Waals surface area (Å²) >= 11 is 0. The van der Waals surface area contributed by atoms with Crippen molar-refractivity contribution in [1.29, 1.82) is 0 Å². The molecule has 0 bridgehead atoms. The van der Waals surface area contributed by atoms with Crippen molar-refractivity contribution in [2.75, 3.05) is 39.3 Å². The SMILES string of the molecule is CCNC(=NCCCN1CCCC1=O)NC1CCN(C(=O)C2CCCC2)C1. The summed E-state index contributed by atoms with van der Waals surface area (Å²) in [4.78, 5) is 32.9. The number of rotatable bonds is 7. The van der Waals surface area contributed by atoms with E-state index in [0.717, 1.165) is 70.8 Å². The molecule has 2 amide bonds. The van der Waals surface area contributed by atoms with Crippen LogP contribution in [-0.2, 0) is 9.59 Å². The topological polar surface area (TPSA) is 77.0 Å². The van der Waals surface area contributed by atoms with Crippen LogP contribution in [0.1, 0.15) is 58.3 Å². The highest BCUT2D eigenvalue weighted by Crippen LogP contribution is 2.27. The van der Waals surface area contributed by atoms with Crippen LogP contribution in [0.3, 0.4) is 0 Å². The van der Waals surface area contributed by atoms with Gasteiger partial charge in [-0.05, 0) is 39.0 Å². The smallest absolute Gasteiger partial charge is 0.225 e. The zero-order chi connectivity index (χ0) is 19.1. The monoisotopic (exact) mass is 377 g/mol. The fourth-order valence-electron chi connectivity index (χ4n) is 4.42. The van der Waals surface area contributed by atoms with Crippen LogP contribution in [0, 0.1) is 5.92 Å². The van der Waals surface area contributed by atoms with Crippen molar-refractivity contribution in [2.24, 2.45) is 10.9 Å². The fraction of sp³-hybridized carbons (Fsp3) is 0.850. The van der Waals surface area contributed by atoms with Crippen molar-refractivity contribution in [2.45, 2.75) is 64.3 Å². The van der Waals surface area contributed by atoms with E-state index in [1.54, 1.807) is 0 Å². The van der Waals surface area contributed by atoms with Gasteiger partial charge in [-0.3, -0.25) is 14.6 Å². The average molecular weight is 378 g/mol. The predicted octanol–water partition coefficient (Wildman–Crippen LogP) is 1.35. The number of hydrogen-bond donors (Lipinski definition) is 2. The minimum absolute atomic E-state index is 0.263. The van der Waals surface area contributed by atoms with Gasteiger partial charge in [0.2, 0.25) is 11.8 Å². The van der Waals surface area contributed by atoms with Crippen LogP contribution in [0.4, 0.5) is 0 Å². The summed E-state index contributed by atoms with van der Waals surface area (Å²) in [5.41, 5.74) is 0. The van der Waals surface area contributed by atoms with Crippen LogP contribution in [0.25, 0.3) is 0 Å². The number of carbonyl (C=O) groups is 2. The van der Waals surface area contributed by atoms with Gasteiger partial charge in [-0.1, -0.05) is 12.8 Å². The Labute approximate surface area is 162 Å². The Morgan fingerprint density at radius 2 is 2.00 bits per heavy atom. The Morgan fingerprint density at radius 3 is 2.70 bits per heavy atom. The maximum absolute atomic E-state index is 12.6. The van der Waals surface area contributed by atoms with Crippen molar-refractivity contribution in [3.05, 3.63) is 0 Å². The lowest BCUT2D eigenvalue weighted by Crippen LogP contribution is -2.45. The Bertz CT molecular complexity index is 544. The molecule has 1 atom stereocenters. The van der Waals surface area contributed by atoms with Gasteiger partial charge in [-0.2, -0.15) is 0 Å². The maximum atomic E-state index is 12.6. The van der Waals surface area contributed by atoms with Gasteiger partial charge in [0, 0.05) is 57.6 Å². The van der Waals surface area contributed by atoms with Gasteiger partial charge in [0.1, 0.15) is 0 Å². The first-order chi connectivity index (χ1) is 13.2. The number of aliphatic imine (C=N–C) groups is 1. The molecule has 0 spiro atoms. The molecule has 2 heterocycles. The first-order valence-corrected chi connectivity index (χ1v) is 10.8. The van der Waals surface area contributed by atoms with Gasteiger partial charge < -0.3 is 20.4 Å². The summed E-state index contributed by atoms with van der Waals surface area (Å²) in [5, 5.41) is 6.79. The Morgan fingerprint density at radius 1 is 1.19 bits per heavy atom. The molecule has 2 saturated heterocycles. The lowest BCUT2D eigenvalue weighted by molar-refractivity contribution is -0.134. The van der Waals surface area contributed by atoms with E-state index in [9.17, 15) is 9.59 Å². The molecule has 2 aliphatic heterocycles. The molecule has 3 rings (SSSR count). The summed E-state index contributed by atoms with van der Waals surface area (Å²) in [7, 11) is 0. The van der Waals surface area contributed by atoms with Gasteiger partial charge in [0.25, 0.3) is 0 Å². The van der Waals surface area contributed by atoms with E-state index >= 15 is 0 Å². The zero-order valence-corrected chi connectivity index (χ0v) is 16.7. The lowest BCUT2D eigenvalue weighted by atomic mass is 10.1. The van der Waals surface area contributed by atoms with E-state index < -0.39 is 0 Å². The molecular formula is C20H35N5O2. The van der Waals surface area contributed by atoms with Crippen LogP contribution in [-0.4, -0.2) is 72.9 Å². The highest BCUT2D eigenvalue weighted by atomic mass is 16.2. The molecule has 7 nitrogen and oxygen atoms in total. The summed E-state index contributed by atoms with van der Waals surface area (Å²) in [6, 6.07) is 0.272. The summed E-state index contributed by atoms with van der Waals surface area (Å²) in [6.07, 6.45) is 8.09. The number of guanidine groups is 1. The molecule has 152 valence electrons. The Hall–Kier alpha value is -1.79. The number of hydrogen-bond acceptors (Lipinski definition) is 3. The fourth-order valence-corrected chi connectivity index (χ4v) is 4.42. The molecule has 27 heavy (non-hydrogen) atoms. The van der Waals surface area contributed by atoms with E-state index in [4.69, 9.17) is 0 Å². The second-order valence-corrected chi connectivity index (χ2v) is 7.99. The van der Waals surface area contributed by atoms with Crippen molar-refractivity contribution in [3.8, 4) is 0 Å². The van der Waals surface area contributed by atoms with E-state index in [0.29, 0.717) is 18.9 Å². The summed E-state index contributed by atoms with van der Waals surface area (Å²) in [5.74, 6) is 1.72. The normalized spacial score (nSPS) is 24.1. The number of nitrogens with one attached hydrogen (secondary N) is 2. The molecule has 0 aromatic rings. The van der Waals surface area contributed by atoms with Crippen LogP contribution in [0.15, 0.2) is 4.99 Å². The average Bonchev–Trinajstić information content (AvgIpc) is 3.41. The molecule has 0 radical (unpaired) electrons. The molecule has 0 aromatic heterocycles. The van der Waals surface area contributed by atoms with Gasteiger partial charge in [-0.15, -0.1) is 0 Å². The predicted molar refractivity (Wildman–Crippen MR) is 106 cm³/mol. The van der Waals surface area contributed by atoms with Crippen molar-refractivity contribution < 1.29 is 9.59 Å². The minimum Gasteiger partial charge on any atom is -0.357 e. The zero-order valence-electron chi connectivity index (χ0n) is 16.7. The van der Waals surface area contributed by atoms with E-state index in [2.05, 4.69) is 22.5 Å². The summed E-state index contributed by atoms with van der Waals surface area (Å²) in [6.45, 7) is 6.91. The first kappa shape index (κ1) is 20.0. The number of nitrogens with zero attached hydrogens (tertiary/aromatic N) is 3. The standard InChI is InChI=1S/C20H35N5O2/c1-2-21-20(22-11-6-13-24-12-5-9-18(24)26)23-17-10-14-25(15-17)19(27)16-7-3-4-8-16/h16-17H,2-15H2,1H3,(H2,21,22,23). The molecule has 7 heteroatoms. The van der Waals surface area contributed by atoms with Crippen molar-refractivity contribution >= 4 is 17.8 Å². The Balaban J connectivity index is 1.41. The summed E-state index contributed by atoms with van der Waals surface area (Å²) < 4.78 is 0. The van der Waals surface area contributed by atoms with Gasteiger partial charge >= 0.3 is 0 Å². The number of likely N-dealkylation sites (tertiary alicyclic amines) is 2. The molecule has 1 saturated carbocycles. The molecule has 3 aliphatic rings. The number of carbonyl (C=O) groups excluding carboxylic acids is 2. The third kappa shape index (κ3) is 5.59. The molecular weight excluding hydrogens is 342 g/mol. The van der Waals surface area contributed by atoms with Crippen molar-refractivity contribution in [3.63, 3.8) is 0 Å². The van der Waals surface area contributed by atoms with Crippen LogP contribution in [0.2, 0.25) is 0 Å². The minimum atomic E-state index is 0.263. The maximum Gasteiger partial charge on any atom is 0.225 e. The molecule has 2 N–H and O–H groups in total. The molecule has 0 aromatic carbocycles. The van der Waals surface area contributed by atoms with E-state index in [1.165, 1.54) is 12.8 Å². The van der Waals surface area contributed by atoms with Crippen molar-refractivity contribution in [1.82, 2.24) is 20.4 Å². The van der Waals surface area contributed by atoms with Crippen LogP contribution < -0.4 is 10.6 Å². The highest BCUT2D eigenvalue weighted by Gasteiger charge is 2.32.